The van der Waals surface area contributed by atoms with E-state index in [9.17, 15) is 9.59 Å². The first-order valence-electron chi connectivity index (χ1n) is 5.82. The third kappa shape index (κ3) is 3.85. The number of nitrogens with one attached hydrogen (secondary N) is 1. The lowest BCUT2D eigenvalue weighted by Crippen LogP contribution is -2.56. The molecule has 0 aromatic rings. The van der Waals surface area contributed by atoms with Crippen molar-refractivity contribution in [1.29, 1.82) is 0 Å². The molecule has 1 saturated heterocycles. The fourth-order valence-corrected chi connectivity index (χ4v) is 1.76. The van der Waals surface area contributed by atoms with E-state index in [4.69, 9.17) is 16.3 Å². The van der Waals surface area contributed by atoms with Crippen LogP contribution < -0.4 is 5.32 Å². The summed E-state index contributed by atoms with van der Waals surface area (Å²) in [5, 5.41) is 1.58. The molecular weight excluding hydrogens is 244 g/mol. The highest BCUT2D eigenvalue weighted by atomic mass is 35.5. The predicted molar refractivity (Wildman–Crippen MR) is 65.1 cm³/mol. The number of ether oxygens (including phenoxy) is 1. The number of imide groups is 1. The largest absolute Gasteiger partial charge is 0.375 e. The number of hydrogen-bond acceptors (Lipinski definition) is 3. The Balaban J connectivity index is 2.61. The second kappa shape index (κ2) is 6.21. The molecule has 1 fully saturated rings. The molecule has 1 N–H and O–H groups in total. The molecule has 5 nitrogen and oxygen atoms in total. The Morgan fingerprint density at radius 2 is 2.24 bits per heavy atom. The Morgan fingerprint density at radius 3 is 2.76 bits per heavy atom. The van der Waals surface area contributed by atoms with Crippen LogP contribution in [0.3, 0.4) is 0 Å². The standard InChI is InChI=1S/C11H19ClN2O3/c1-4-9-6-17-7(2)5-14(9)11(16)13-10(15)8(3)12/h7-9H,4-6H2,1-3H3,(H,13,15,16). The maximum atomic E-state index is 11.9. The average molecular weight is 263 g/mol. The predicted octanol–water partition coefficient (Wildman–Crippen LogP) is 1.35. The summed E-state index contributed by atoms with van der Waals surface area (Å²) in [4.78, 5) is 24.9. The zero-order chi connectivity index (χ0) is 13.0. The smallest absolute Gasteiger partial charge is 0.324 e. The number of urea groups is 1. The van der Waals surface area contributed by atoms with Crippen molar-refractivity contribution in [3.05, 3.63) is 0 Å². The maximum Gasteiger partial charge on any atom is 0.324 e. The van der Waals surface area contributed by atoms with Crippen molar-refractivity contribution >= 4 is 23.5 Å². The molecule has 1 aliphatic heterocycles. The number of hydrogen-bond donors (Lipinski definition) is 1. The molecule has 0 bridgehead atoms. The van der Waals surface area contributed by atoms with E-state index in [0.717, 1.165) is 6.42 Å². The van der Waals surface area contributed by atoms with Gasteiger partial charge in [0, 0.05) is 6.54 Å². The van der Waals surface area contributed by atoms with Gasteiger partial charge < -0.3 is 9.64 Å². The second-order valence-corrected chi connectivity index (χ2v) is 4.92. The molecule has 1 heterocycles. The topological polar surface area (TPSA) is 58.6 Å². The third-order valence-electron chi connectivity index (χ3n) is 2.79. The lowest BCUT2D eigenvalue weighted by Gasteiger charge is -2.38. The van der Waals surface area contributed by atoms with Crippen LogP contribution in [0.2, 0.25) is 0 Å². The van der Waals surface area contributed by atoms with Crippen LogP contribution >= 0.6 is 11.6 Å². The molecule has 0 aliphatic carbocycles. The first kappa shape index (κ1) is 14.3. The van der Waals surface area contributed by atoms with E-state index in [-0.39, 0.29) is 18.2 Å². The van der Waals surface area contributed by atoms with Crippen LogP contribution in [-0.2, 0) is 9.53 Å². The van der Waals surface area contributed by atoms with Crippen molar-refractivity contribution in [3.63, 3.8) is 0 Å². The minimum Gasteiger partial charge on any atom is -0.375 e. The molecule has 0 saturated carbocycles. The molecule has 0 spiro atoms. The van der Waals surface area contributed by atoms with Gasteiger partial charge in [0.2, 0.25) is 5.91 Å². The van der Waals surface area contributed by atoms with Crippen LogP contribution in [0.15, 0.2) is 0 Å². The van der Waals surface area contributed by atoms with Crippen LogP contribution in [0.5, 0.6) is 0 Å². The van der Waals surface area contributed by atoms with E-state index in [1.54, 1.807) is 4.90 Å². The summed E-state index contributed by atoms with van der Waals surface area (Å²) in [5.74, 6) is -0.467. The summed E-state index contributed by atoms with van der Waals surface area (Å²) in [6, 6.07) is -0.367. The minimum absolute atomic E-state index is 0.00734. The molecular formula is C11H19ClN2O3. The fraction of sp³-hybridized carbons (Fsp3) is 0.818. The molecule has 1 aliphatic rings. The van der Waals surface area contributed by atoms with Gasteiger partial charge in [-0.3, -0.25) is 10.1 Å². The zero-order valence-electron chi connectivity index (χ0n) is 10.4. The van der Waals surface area contributed by atoms with Crippen molar-refractivity contribution in [2.75, 3.05) is 13.2 Å². The van der Waals surface area contributed by atoms with Gasteiger partial charge in [-0.25, -0.2) is 4.79 Å². The highest BCUT2D eigenvalue weighted by Gasteiger charge is 2.30. The number of amides is 3. The van der Waals surface area contributed by atoms with E-state index in [2.05, 4.69) is 5.32 Å². The van der Waals surface area contributed by atoms with E-state index in [0.29, 0.717) is 13.2 Å². The fourth-order valence-electron chi connectivity index (χ4n) is 1.71. The highest BCUT2D eigenvalue weighted by molar-refractivity contribution is 6.31. The van der Waals surface area contributed by atoms with Gasteiger partial charge in [0.15, 0.2) is 0 Å². The number of morpholine rings is 1. The molecule has 3 amide bonds. The second-order valence-electron chi connectivity index (χ2n) is 4.27. The van der Waals surface area contributed by atoms with Gasteiger partial charge in [0.05, 0.1) is 18.8 Å². The number of rotatable bonds is 2. The summed E-state index contributed by atoms with van der Waals surface area (Å²) < 4.78 is 5.48. The summed E-state index contributed by atoms with van der Waals surface area (Å²) in [7, 11) is 0. The van der Waals surface area contributed by atoms with Crippen molar-refractivity contribution in [2.45, 2.75) is 44.7 Å². The van der Waals surface area contributed by atoms with E-state index in [1.165, 1.54) is 6.92 Å². The zero-order valence-corrected chi connectivity index (χ0v) is 11.2. The molecule has 1 rings (SSSR count). The molecule has 0 aromatic carbocycles. The molecule has 6 heteroatoms. The lowest BCUT2D eigenvalue weighted by atomic mass is 10.1. The SMILES string of the molecule is CCC1COC(C)CN1C(=O)NC(=O)C(C)Cl. The van der Waals surface area contributed by atoms with Crippen LogP contribution in [0.25, 0.3) is 0 Å². The van der Waals surface area contributed by atoms with E-state index < -0.39 is 11.3 Å². The van der Waals surface area contributed by atoms with Crippen LogP contribution in [0.1, 0.15) is 27.2 Å². The van der Waals surface area contributed by atoms with Crippen LogP contribution in [0, 0.1) is 0 Å². The number of carbonyl (C=O) groups is 2. The quantitative estimate of drug-likeness (QED) is 0.765. The van der Waals surface area contributed by atoms with Gasteiger partial charge in [-0.2, -0.15) is 0 Å². The van der Waals surface area contributed by atoms with Gasteiger partial charge in [0.25, 0.3) is 0 Å². The van der Waals surface area contributed by atoms with Gasteiger partial charge >= 0.3 is 6.03 Å². The Kier molecular flexibility index (Phi) is 5.21. The molecule has 0 aromatic heterocycles. The minimum atomic E-state index is -0.711. The van der Waals surface area contributed by atoms with Gasteiger partial charge in [-0.15, -0.1) is 11.6 Å². The Hall–Kier alpha value is -0.810. The van der Waals surface area contributed by atoms with Crippen LogP contribution in [-0.4, -0.2) is 47.5 Å². The van der Waals surface area contributed by atoms with Gasteiger partial charge in [-0.1, -0.05) is 6.92 Å². The molecule has 0 radical (unpaired) electrons. The summed E-state index contributed by atoms with van der Waals surface area (Å²) >= 11 is 5.60. The molecule has 3 atom stereocenters. The summed E-state index contributed by atoms with van der Waals surface area (Å²) in [6.07, 6.45) is 0.789. The van der Waals surface area contributed by atoms with Crippen molar-refractivity contribution in [1.82, 2.24) is 10.2 Å². The maximum absolute atomic E-state index is 11.9. The Bertz CT molecular complexity index is 296. The number of nitrogens with zero attached hydrogens (tertiary/aromatic N) is 1. The Labute approximate surface area is 106 Å². The first-order chi connectivity index (χ1) is 7.95. The summed E-state index contributed by atoms with van der Waals surface area (Å²) in [6.45, 7) is 6.42. The number of alkyl halides is 1. The monoisotopic (exact) mass is 262 g/mol. The highest BCUT2D eigenvalue weighted by Crippen LogP contribution is 2.14. The van der Waals surface area contributed by atoms with E-state index >= 15 is 0 Å². The number of carbonyl (C=O) groups excluding carboxylic acids is 2. The van der Waals surface area contributed by atoms with Crippen molar-refractivity contribution in [2.24, 2.45) is 0 Å². The molecule has 17 heavy (non-hydrogen) atoms. The van der Waals surface area contributed by atoms with Crippen LogP contribution in [0.4, 0.5) is 4.79 Å². The summed E-state index contributed by atoms with van der Waals surface area (Å²) in [5.41, 5.74) is 0. The molecule has 98 valence electrons. The van der Waals surface area contributed by atoms with Gasteiger partial charge in [-0.05, 0) is 20.3 Å². The third-order valence-corrected chi connectivity index (χ3v) is 2.99. The lowest BCUT2D eigenvalue weighted by molar-refractivity contribution is -0.119. The number of halogens is 1. The van der Waals surface area contributed by atoms with Gasteiger partial charge in [0.1, 0.15) is 5.38 Å². The van der Waals surface area contributed by atoms with E-state index in [1.807, 2.05) is 13.8 Å². The van der Waals surface area contributed by atoms with Crippen molar-refractivity contribution < 1.29 is 14.3 Å². The van der Waals surface area contributed by atoms with Crippen molar-refractivity contribution in [3.8, 4) is 0 Å². The Morgan fingerprint density at radius 1 is 1.59 bits per heavy atom. The average Bonchev–Trinajstić information content (AvgIpc) is 2.28. The normalized spacial score (nSPS) is 26.5. The first-order valence-corrected chi connectivity index (χ1v) is 6.26. The molecule has 3 unspecified atom stereocenters.